The predicted molar refractivity (Wildman–Crippen MR) is 55.5 cm³/mol. The number of nitro groups is 1. The Hall–Kier alpha value is -2.59. The molecule has 0 spiro atoms. The Balaban J connectivity index is 3.52. The normalized spacial score (nSPS) is 10.8. The number of ether oxygens (including phenoxy) is 3. The van der Waals surface area contributed by atoms with E-state index in [0.717, 1.165) is 14.2 Å². The number of hydrogen-bond donors (Lipinski definition) is 0. The van der Waals surface area contributed by atoms with E-state index in [-0.39, 0.29) is 0 Å². The second kappa shape index (κ2) is 5.59. The van der Waals surface area contributed by atoms with Crippen LogP contribution < -0.4 is 9.47 Å². The maximum atomic E-state index is 12.2. The average molecular weight is 296 g/mol. The lowest BCUT2D eigenvalue weighted by atomic mass is 10.2. The number of methoxy groups -OCH3 is 2. The zero-order valence-electron chi connectivity index (χ0n) is 10.1. The molecule has 1 aromatic heterocycles. The van der Waals surface area contributed by atoms with Crippen LogP contribution in [-0.4, -0.2) is 36.5 Å². The minimum Gasteiger partial charge on any atom is -0.495 e. The first-order valence-corrected chi connectivity index (χ1v) is 4.77. The average Bonchev–Trinajstić information content (AvgIpc) is 2.34. The van der Waals surface area contributed by atoms with Gasteiger partial charge in [-0.2, -0.15) is 0 Å². The molecule has 0 fully saturated rings. The van der Waals surface area contributed by atoms with Crippen LogP contribution in [0.1, 0.15) is 10.4 Å². The molecule has 0 bridgehead atoms. The largest absolute Gasteiger partial charge is 0.575 e. The molecule has 0 aliphatic heterocycles. The summed E-state index contributed by atoms with van der Waals surface area (Å²) in [5.41, 5.74) is -0.807. The lowest BCUT2D eigenvalue weighted by Gasteiger charge is -2.10. The van der Waals surface area contributed by atoms with Crippen molar-refractivity contribution >= 4 is 11.8 Å². The second-order valence-electron chi connectivity index (χ2n) is 3.16. The summed E-state index contributed by atoms with van der Waals surface area (Å²) in [5, 5.41) is 10.6. The van der Waals surface area contributed by atoms with Crippen LogP contribution >= 0.6 is 0 Å². The molecule has 0 aliphatic carbocycles. The SMILES string of the molecule is COC(=O)c1c(OC)cc([N+](=O)[O-])nc1OC(F)(F)F. The van der Waals surface area contributed by atoms with E-state index in [0.29, 0.717) is 6.07 Å². The van der Waals surface area contributed by atoms with Crippen molar-refractivity contribution in [3.8, 4) is 11.6 Å². The summed E-state index contributed by atoms with van der Waals surface area (Å²) < 4.78 is 49.1. The van der Waals surface area contributed by atoms with Crippen LogP contribution in [0.15, 0.2) is 6.07 Å². The molecule has 0 saturated heterocycles. The molecule has 11 heteroatoms. The summed E-state index contributed by atoms with van der Waals surface area (Å²) in [6, 6.07) is 0.676. The van der Waals surface area contributed by atoms with Crippen molar-refractivity contribution in [1.82, 2.24) is 4.98 Å². The third kappa shape index (κ3) is 3.46. The summed E-state index contributed by atoms with van der Waals surface area (Å²) in [4.78, 5) is 23.9. The highest BCUT2D eigenvalue weighted by Crippen LogP contribution is 2.34. The Morgan fingerprint density at radius 1 is 1.40 bits per heavy atom. The van der Waals surface area contributed by atoms with E-state index < -0.39 is 40.3 Å². The topological polar surface area (TPSA) is 101 Å². The van der Waals surface area contributed by atoms with Crippen molar-refractivity contribution in [3.63, 3.8) is 0 Å². The first-order chi connectivity index (χ1) is 9.19. The zero-order valence-corrected chi connectivity index (χ0v) is 10.1. The quantitative estimate of drug-likeness (QED) is 0.473. The maximum Gasteiger partial charge on any atom is 0.575 e. The van der Waals surface area contributed by atoms with Crippen molar-refractivity contribution in [2.45, 2.75) is 6.36 Å². The number of nitrogens with zero attached hydrogens (tertiary/aromatic N) is 2. The number of halogens is 3. The van der Waals surface area contributed by atoms with Crippen molar-refractivity contribution in [1.29, 1.82) is 0 Å². The van der Waals surface area contributed by atoms with E-state index in [9.17, 15) is 28.1 Å². The molecule has 1 aromatic rings. The van der Waals surface area contributed by atoms with Gasteiger partial charge in [0, 0.05) is 4.98 Å². The van der Waals surface area contributed by atoms with Crippen LogP contribution in [0.5, 0.6) is 11.6 Å². The van der Waals surface area contributed by atoms with Gasteiger partial charge in [0.1, 0.15) is 5.75 Å². The van der Waals surface area contributed by atoms with Gasteiger partial charge in [0.15, 0.2) is 5.56 Å². The monoisotopic (exact) mass is 296 g/mol. The van der Waals surface area contributed by atoms with Gasteiger partial charge >= 0.3 is 24.0 Å². The van der Waals surface area contributed by atoms with Gasteiger partial charge in [-0.3, -0.25) is 0 Å². The van der Waals surface area contributed by atoms with Gasteiger partial charge < -0.3 is 24.3 Å². The molecule has 0 amide bonds. The molecule has 20 heavy (non-hydrogen) atoms. The standard InChI is InChI=1S/C9H7F3N2O6/c1-18-4-3-5(14(16)17)13-7(20-9(10,11)12)6(4)8(15)19-2/h3H,1-2H3. The van der Waals surface area contributed by atoms with Gasteiger partial charge in [-0.15, -0.1) is 13.2 Å². The number of carbonyl (C=O) groups is 1. The second-order valence-corrected chi connectivity index (χ2v) is 3.16. The van der Waals surface area contributed by atoms with Gasteiger partial charge in [-0.05, 0) is 4.92 Å². The summed E-state index contributed by atoms with van der Waals surface area (Å²) in [6.07, 6.45) is -5.20. The Kier molecular flexibility index (Phi) is 4.32. The van der Waals surface area contributed by atoms with E-state index in [1.54, 1.807) is 0 Å². The fraction of sp³-hybridized carbons (Fsp3) is 0.333. The molecule has 0 unspecified atom stereocenters. The number of rotatable bonds is 4. The zero-order chi connectivity index (χ0) is 15.5. The van der Waals surface area contributed by atoms with Gasteiger partial charge in [0.2, 0.25) is 0 Å². The molecule has 0 aliphatic rings. The van der Waals surface area contributed by atoms with Gasteiger partial charge in [-0.1, -0.05) is 0 Å². The van der Waals surface area contributed by atoms with Crippen LogP contribution in [-0.2, 0) is 4.74 Å². The summed E-state index contributed by atoms with van der Waals surface area (Å²) in [5.74, 6) is -4.08. The lowest BCUT2D eigenvalue weighted by Crippen LogP contribution is -2.21. The van der Waals surface area contributed by atoms with Gasteiger partial charge in [-0.25, -0.2) is 4.79 Å². The maximum absolute atomic E-state index is 12.2. The van der Waals surface area contributed by atoms with Crippen LogP contribution in [0.3, 0.4) is 0 Å². The molecular weight excluding hydrogens is 289 g/mol. The molecule has 0 saturated carbocycles. The number of aromatic nitrogens is 1. The Labute approximate surface area is 109 Å². The molecule has 0 atom stereocenters. The molecule has 1 heterocycles. The first kappa shape index (κ1) is 15.5. The molecule has 1 rings (SSSR count). The third-order valence-electron chi connectivity index (χ3n) is 1.95. The molecule has 8 nitrogen and oxygen atoms in total. The van der Waals surface area contributed by atoms with Crippen LogP contribution in [0.2, 0.25) is 0 Å². The number of carbonyl (C=O) groups excluding carboxylic acids is 1. The summed E-state index contributed by atoms with van der Waals surface area (Å²) in [6.45, 7) is 0. The van der Waals surface area contributed by atoms with Crippen molar-refractivity contribution in [2.75, 3.05) is 14.2 Å². The lowest BCUT2D eigenvalue weighted by molar-refractivity contribution is -0.390. The van der Waals surface area contributed by atoms with Gasteiger partial charge in [0.25, 0.3) is 0 Å². The Morgan fingerprint density at radius 3 is 2.40 bits per heavy atom. The Bertz CT molecular complexity index is 545. The fourth-order valence-electron chi connectivity index (χ4n) is 1.21. The van der Waals surface area contributed by atoms with E-state index in [1.807, 2.05) is 0 Å². The molecule has 0 N–H and O–H groups in total. The summed E-state index contributed by atoms with van der Waals surface area (Å²) >= 11 is 0. The number of hydrogen-bond acceptors (Lipinski definition) is 7. The van der Waals surface area contributed by atoms with Crippen molar-refractivity contribution in [2.24, 2.45) is 0 Å². The Morgan fingerprint density at radius 2 is 2.00 bits per heavy atom. The van der Waals surface area contributed by atoms with Crippen molar-refractivity contribution in [3.05, 3.63) is 21.7 Å². The highest BCUT2D eigenvalue weighted by molar-refractivity contribution is 5.95. The molecule has 0 radical (unpaired) electrons. The van der Waals surface area contributed by atoms with E-state index >= 15 is 0 Å². The van der Waals surface area contributed by atoms with E-state index in [2.05, 4.69) is 19.2 Å². The fourth-order valence-corrected chi connectivity index (χ4v) is 1.21. The predicted octanol–water partition coefficient (Wildman–Crippen LogP) is 1.68. The third-order valence-corrected chi connectivity index (χ3v) is 1.95. The van der Waals surface area contributed by atoms with Gasteiger partial charge in [0.05, 0.1) is 20.3 Å². The number of pyridine rings is 1. The van der Waals surface area contributed by atoms with E-state index in [1.165, 1.54) is 0 Å². The highest BCUT2D eigenvalue weighted by Gasteiger charge is 2.39. The van der Waals surface area contributed by atoms with Crippen LogP contribution in [0.4, 0.5) is 19.0 Å². The minimum absolute atomic E-state index is 0.530. The smallest absolute Gasteiger partial charge is 0.495 e. The molecule has 110 valence electrons. The van der Waals surface area contributed by atoms with E-state index in [4.69, 9.17) is 0 Å². The molecule has 0 aromatic carbocycles. The summed E-state index contributed by atoms with van der Waals surface area (Å²) in [7, 11) is 1.91. The number of esters is 1. The van der Waals surface area contributed by atoms with Crippen molar-refractivity contribution < 1.29 is 37.1 Å². The number of alkyl halides is 3. The highest BCUT2D eigenvalue weighted by atomic mass is 19.4. The van der Waals surface area contributed by atoms with Crippen LogP contribution in [0, 0.1) is 10.1 Å². The first-order valence-electron chi connectivity index (χ1n) is 4.77. The molecular formula is C9H7F3N2O6. The van der Waals surface area contributed by atoms with Crippen LogP contribution in [0.25, 0.3) is 0 Å². The minimum atomic E-state index is -5.20.